The van der Waals surface area contributed by atoms with Crippen LogP contribution in [0.1, 0.15) is 37.9 Å². The molecule has 0 radical (unpaired) electrons. The zero-order valence-corrected chi connectivity index (χ0v) is 13.0. The van der Waals surface area contributed by atoms with Gasteiger partial charge >= 0.3 is 0 Å². The van der Waals surface area contributed by atoms with Crippen molar-refractivity contribution < 1.29 is 9.47 Å². The molecule has 5 atom stereocenters. The fraction of sp³-hybridized carbons (Fsp3) is 0.625. The van der Waals surface area contributed by atoms with Crippen LogP contribution >= 0.6 is 0 Å². The molecule has 4 nitrogen and oxygen atoms in total. The summed E-state index contributed by atoms with van der Waals surface area (Å²) < 4.78 is 11.5. The number of rotatable bonds is 4. The molecule has 1 saturated heterocycles. The summed E-state index contributed by atoms with van der Waals surface area (Å²) in [5.41, 5.74) is 5.29. The van der Waals surface area contributed by atoms with Crippen LogP contribution in [-0.2, 0) is 4.74 Å². The van der Waals surface area contributed by atoms with Crippen LogP contribution in [0.4, 0.5) is 0 Å². The summed E-state index contributed by atoms with van der Waals surface area (Å²) in [5, 5.41) is 0. The summed E-state index contributed by atoms with van der Waals surface area (Å²) in [5.74, 6) is 7.51. The van der Waals surface area contributed by atoms with Crippen molar-refractivity contribution >= 4 is 0 Å². The molecular weight excluding hydrogens is 252 g/mol. The summed E-state index contributed by atoms with van der Waals surface area (Å²) in [6.07, 6.45) is 0.424. The lowest BCUT2D eigenvalue weighted by Gasteiger charge is -2.30. The zero-order valence-electron chi connectivity index (χ0n) is 13.0. The molecule has 1 aliphatic heterocycles. The van der Waals surface area contributed by atoms with Gasteiger partial charge in [-0.25, -0.2) is 0 Å². The monoisotopic (exact) mass is 278 g/mol. The fourth-order valence-electron chi connectivity index (χ4n) is 3.37. The highest BCUT2D eigenvalue weighted by molar-refractivity contribution is 5.39. The van der Waals surface area contributed by atoms with Crippen LogP contribution in [0.3, 0.4) is 0 Å². The van der Waals surface area contributed by atoms with Crippen LogP contribution in [0.2, 0.25) is 0 Å². The number of hydrazine groups is 1. The Kier molecular flexibility index (Phi) is 4.68. The molecule has 1 aliphatic rings. The molecule has 1 heterocycles. The Morgan fingerprint density at radius 3 is 2.45 bits per heavy atom. The number of aryl methyl sites for hydroxylation is 1. The molecule has 0 spiro atoms. The quantitative estimate of drug-likeness (QED) is 0.656. The minimum atomic E-state index is 0.0276. The average molecular weight is 278 g/mol. The Hall–Kier alpha value is -1.10. The van der Waals surface area contributed by atoms with Crippen molar-refractivity contribution in [1.82, 2.24) is 5.43 Å². The molecule has 20 heavy (non-hydrogen) atoms. The Balaban J connectivity index is 2.40. The molecule has 0 bridgehead atoms. The number of hydrogen-bond donors (Lipinski definition) is 2. The van der Waals surface area contributed by atoms with Crippen molar-refractivity contribution in [3.05, 3.63) is 29.3 Å². The standard InChI is InChI=1S/C16H26N2O2/c1-9-6-7-14(19-5)13(8-9)16(18-17)15-10(2)11(3)20-12(15)4/h6-8,10-12,15-16,18H,17H2,1-5H3. The number of methoxy groups -OCH3 is 1. The third-order valence-corrected chi connectivity index (χ3v) is 4.60. The Labute approximate surface area is 121 Å². The number of hydrogen-bond acceptors (Lipinski definition) is 4. The molecule has 2 rings (SSSR count). The van der Waals surface area contributed by atoms with E-state index in [2.05, 4.69) is 45.3 Å². The first-order valence-electron chi connectivity index (χ1n) is 7.25. The highest BCUT2D eigenvalue weighted by Gasteiger charge is 2.42. The van der Waals surface area contributed by atoms with E-state index in [1.54, 1.807) is 7.11 Å². The van der Waals surface area contributed by atoms with Crippen molar-refractivity contribution in [2.75, 3.05) is 7.11 Å². The van der Waals surface area contributed by atoms with E-state index in [1.165, 1.54) is 5.56 Å². The van der Waals surface area contributed by atoms with Gasteiger partial charge in [-0.3, -0.25) is 11.3 Å². The molecule has 1 fully saturated rings. The SMILES string of the molecule is COc1ccc(C)cc1C(NN)C1C(C)OC(C)C1C. The molecule has 0 aliphatic carbocycles. The molecule has 4 heteroatoms. The second kappa shape index (κ2) is 6.12. The summed E-state index contributed by atoms with van der Waals surface area (Å²) in [6, 6.07) is 6.23. The van der Waals surface area contributed by atoms with Gasteiger partial charge in [0.2, 0.25) is 0 Å². The van der Waals surface area contributed by atoms with E-state index in [1.807, 2.05) is 6.07 Å². The van der Waals surface area contributed by atoms with Crippen LogP contribution in [-0.4, -0.2) is 19.3 Å². The predicted octanol–water partition coefficient (Wildman–Crippen LogP) is 2.57. The molecular formula is C16H26N2O2. The lowest BCUT2D eigenvalue weighted by atomic mass is 9.80. The topological polar surface area (TPSA) is 56.5 Å². The lowest BCUT2D eigenvalue weighted by Crippen LogP contribution is -2.38. The van der Waals surface area contributed by atoms with E-state index < -0.39 is 0 Å². The molecule has 1 aromatic carbocycles. The molecule has 112 valence electrons. The Morgan fingerprint density at radius 1 is 1.25 bits per heavy atom. The van der Waals surface area contributed by atoms with E-state index in [-0.39, 0.29) is 18.2 Å². The molecule has 0 saturated carbocycles. The third kappa shape index (κ3) is 2.68. The lowest BCUT2D eigenvalue weighted by molar-refractivity contribution is 0.0474. The maximum Gasteiger partial charge on any atom is 0.123 e. The van der Waals surface area contributed by atoms with Crippen molar-refractivity contribution in [3.8, 4) is 5.75 Å². The Bertz CT molecular complexity index is 464. The summed E-state index contributed by atoms with van der Waals surface area (Å²) in [7, 11) is 1.70. The molecule has 0 amide bonds. The minimum Gasteiger partial charge on any atom is -0.496 e. The molecule has 3 N–H and O–H groups in total. The van der Waals surface area contributed by atoms with Crippen molar-refractivity contribution in [1.29, 1.82) is 0 Å². The summed E-state index contributed by atoms with van der Waals surface area (Å²) in [6.45, 7) is 8.56. The maximum absolute atomic E-state index is 5.96. The first-order chi connectivity index (χ1) is 9.49. The van der Waals surface area contributed by atoms with Crippen molar-refractivity contribution in [2.24, 2.45) is 17.7 Å². The number of nitrogens with one attached hydrogen (secondary N) is 1. The second-order valence-corrected chi connectivity index (χ2v) is 5.87. The average Bonchev–Trinajstić information content (AvgIpc) is 2.67. The van der Waals surface area contributed by atoms with E-state index in [0.717, 1.165) is 11.3 Å². The smallest absolute Gasteiger partial charge is 0.123 e. The molecule has 5 unspecified atom stereocenters. The first-order valence-corrected chi connectivity index (χ1v) is 7.25. The van der Waals surface area contributed by atoms with Gasteiger partial charge in [0.05, 0.1) is 25.4 Å². The van der Waals surface area contributed by atoms with Gasteiger partial charge in [0.25, 0.3) is 0 Å². The van der Waals surface area contributed by atoms with Gasteiger partial charge in [-0.05, 0) is 32.8 Å². The van der Waals surface area contributed by atoms with Crippen LogP contribution in [0.5, 0.6) is 5.75 Å². The summed E-state index contributed by atoms with van der Waals surface area (Å²) >= 11 is 0. The molecule has 1 aromatic rings. The minimum absolute atomic E-state index is 0.0276. The highest BCUT2D eigenvalue weighted by atomic mass is 16.5. The maximum atomic E-state index is 5.96. The van der Waals surface area contributed by atoms with Crippen molar-refractivity contribution in [3.63, 3.8) is 0 Å². The van der Waals surface area contributed by atoms with Gasteiger partial charge in [-0.2, -0.15) is 0 Å². The van der Waals surface area contributed by atoms with Gasteiger partial charge in [0.15, 0.2) is 0 Å². The number of nitrogens with two attached hydrogens (primary N) is 1. The van der Waals surface area contributed by atoms with Gasteiger partial charge < -0.3 is 9.47 Å². The predicted molar refractivity (Wildman–Crippen MR) is 80.5 cm³/mol. The number of benzene rings is 1. The van der Waals surface area contributed by atoms with Crippen LogP contribution in [0.25, 0.3) is 0 Å². The second-order valence-electron chi connectivity index (χ2n) is 5.87. The van der Waals surface area contributed by atoms with Gasteiger partial charge in [0, 0.05) is 11.5 Å². The summed E-state index contributed by atoms with van der Waals surface area (Å²) in [4.78, 5) is 0. The third-order valence-electron chi connectivity index (χ3n) is 4.60. The van der Waals surface area contributed by atoms with E-state index in [9.17, 15) is 0 Å². The van der Waals surface area contributed by atoms with Gasteiger partial charge in [-0.1, -0.05) is 24.6 Å². The van der Waals surface area contributed by atoms with Crippen LogP contribution in [0.15, 0.2) is 18.2 Å². The number of ether oxygens (including phenoxy) is 2. The van der Waals surface area contributed by atoms with Gasteiger partial charge in [0.1, 0.15) is 5.75 Å². The largest absolute Gasteiger partial charge is 0.496 e. The first kappa shape index (κ1) is 15.3. The van der Waals surface area contributed by atoms with E-state index in [4.69, 9.17) is 15.3 Å². The van der Waals surface area contributed by atoms with E-state index >= 15 is 0 Å². The normalized spacial score (nSPS) is 31.3. The fourth-order valence-corrected chi connectivity index (χ4v) is 3.37. The van der Waals surface area contributed by atoms with Gasteiger partial charge in [-0.15, -0.1) is 0 Å². The Morgan fingerprint density at radius 2 is 1.95 bits per heavy atom. The molecule has 0 aromatic heterocycles. The van der Waals surface area contributed by atoms with E-state index in [0.29, 0.717) is 11.8 Å². The highest BCUT2D eigenvalue weighted by Crippen LogP contribution is 2.42. The van der Waals surface area contributed by atoms with Crippen molar-refractivity contribution in [2.45, 2.75) is 45.9 Å². The van der Waals surface area contributed by atoms with Crippen LogP contribution in [0, 0.1) is 18.8 Å². The zero-order chi connectivity index (χ0) is 14.9. The van der Waals surface area contributed by atoms with Crippen LogP contribution < -0.4 is 16.0 Å².